The molecule has 2 rings (SSSR count). The van der Waals surface area contributed by atoms with Crippen molar-refractivity contribution in [1.82, 2.24) is 5.32 Å². The number of amides is 1. The minimum atomic E-state index is -0.0747. The lowest BCUT2D eigenvalue weighted by Gasteiger charge is -2.09. The van der Waals surface area contributed by atoms with Crippen LogP contribution in [0.15, 0.2) is 34.7 Å². The van der Waals surface area contributed by atoms with E-state index in [-0.39, 0.29) is 11.7 Å². The topological polar surface area (TPSA) is 68.5 Å². The van der Waals surface area contributed by atoms with Gasteiger partial charge in [-0.2, -0.15) is 0 Å². The number of nitrogens with one attached hydrogen (secondary N) is 1. The van der Waals surface area contributed by atoms with E-state index in [0.717, 1.165) is 11.3 Å². The molecule has 0 atom stereocenters. The Morgan fingerprint density at radius 2 is 2.00 bits per heavy atom. The fourth-order valence-corrected chi connectivity index (χ4v) is 2.38. The lowest BCUT2D eigenvalue weighted by Crippen LogP contribution is -2.23. The summed E-state index contributed by atoms with van der Waals surface area (Å²) in [5.41, 5.74) is 1.51. The molecule has 0 spiro atoms. The molecule has 0 saturated heterocycles. The molecule has 0 saturated carbocycles. The molecular weight excluding hydrogens is 294 g/mol. The van der Waals surface area contributed by atoms with Crippen LogP contribution in [0.4, 0.5) is 0 Å². The second-order valence-corrected chi connectivity index (χ2v) is 5.33. The maximum atomic E-state index is 12.0. The molecule has 23 heavy (non-hydrogen) atoms. The molecule has 1 amide bonds. The Morgan fingerprint density at radius 3 is 2.65 bits per heavy atom. The fraction of sp³-hybridized carbons (Fsp3) is 0.333. The number of Topliss-reactive ketones (excluding diaryl/α,β-unsaturated/α-hetero) is 1. The molecule has 0 aliphatic rings. The Balaban J connectivity index is 1.86. The molecule has 0 fully saturated rings. The Bertz CT molecular complexity index is 703. The number of carbonyl (C=O) groups excluding carboxylic acids is 2. The molecule has 0 unspecified atom stereocenters. The van der Waals surface area contributed by atoms with Gasteiger partial charge in [0.2, 0.25) is 5.91 Å². The van der Waals surface area contributed by atoms with E-state index in [1.165, 1.54) is 6.92 Å². The molecule has 0 bridgehead atoms. The third-order valence-electron chi connectivity index (χ3n) is 3.62. The Labute approximate surface area is 135 Å². The molecule has 0 aliphatic heterocycles. The Morgan fingerprint density at radius 1 is 1.26 bits per heavy atom. The summed E-state index contributed by atoms with van der Waals surface area (Å²) in [5, 5.41) is 2.86. The first-order valence-corrected chi connectivity index (χ1v) is 7.50. The number of hydrogen-bond donors (Lipinski definition) is 1. The van der Waals surface area contributed by atoms with Crippen LogP contribution in [0.2, 0.25) is 0 Å². The van der Waals surface area contributed by atoms with E-state index in [1.807, 2.05) is 24.3 Å². The van der Waals surface area contributed by atoms with E-state index in [1.54, 1.807) is 20.1 Å². The van der Waals surface area contributed by atoms with Crippen LogP contribution in [-0.2, 0) is 17.8 Å². The number of ether oxygens (including phenoxy) is 1. The van der Waals surface area contributed by atoms with Crippen LogP contribution >= 0.6 is 0 Å². The monoisotopic (exact) mass is 315 g/mol. The quantitative estimate of drug-likeness (QED) is 0.797. The molecule has 5 heteroatoms. The number of furan rings is 1. The minimum absolute atomic E-state index is 0.0295. The van der Waals surface area contributed by atoms with Crippen molar-refractivity contribution in [2.24, 2.45) is 0 Å². The standard InChI is InChI=1S/C18H21NO4/c1-12(20)16-10-15(23-13(16)2)8-9-18(21)19-11-14-6-4-5-7-17(14)22-3/h4-7,10H,8-9,11H2,1-3H3,(H,19,21). The molecular formula is C18H21NO4. The Kier molecular flexibility index (Phi) is 5.57. The Hall–Kier alpha value is -2.56. The van der Waals surface area contributed by atoms with Crippen molar-refractivity contribution in [2.75, 3.05) is 7.11 Å². The first-order chi connectivity index (χ1) is 11.0. The number of para-hydroxylation sites is 1. The second kappa shape index (κ2) is 7.63. The van der Waals surface area contributed by atoms with Gasteiger partial charge in [0.15, 0.2) is 5.78 Å². The smallest absolute Gasteiger partial charge is 0.220 e. The molecule has 2 aromatic rings. The SMILES string of the molecule is COc1ccccc1CNC(=O)CCc1cc(C(C)=O)c(C)o1. The molecule has 1 heterocycles. The van der Waals surface area contributed by atoms with Gasteiger partial charge in [-0.25, -0.2) is 0 Å². The van der Waals surface area contributed by atoms with Gasteiger partial charge in [-0.1, -0.05) is 18.2 Å². The van der Waals surface area contributed by atoms with E-state index in [0.29, 0.717) is 36.5 Å². The maximum absolute atomic E-state index is 12.0. The predicted molar refractivity (Wildman–Crippen MR) is 86.6 cm³/mol. The van der Waals surface area contributed by atoms with Crippen LogP contribution in [-0.4, -0.2) is 18.8 Å². The summed E-state index contributed by atoms with van der Waals surface area (Å²) in [5.74, 6) is 1.90. The van der Waals surface area contributed by atoms with Crippen molar-refractivity contribution in [3.8, 4) is 5.75 Å². The summed E-state index contributed by atoms with van der Waals surface area (Å²) in [7, 11) is 1.60. The van der Waals surface area contributed by atoms with Gasteiger partial charge in [-0.15, -0.1) is 0 Å². The summed E-state index contributed by atoms with van der Waals surface area (Å²) < 4.78 is 10.8. The van der Waals surface area contributed by atoms with E-state index in [9.17, 15) is 9.59 Å². The second-order valence-electron chi connectivity index (χ2n) is 5.33. The zero-order chi connectivity index (χ0) is 16.8. The maximum Gasteiger partial charge on any atom is 0.220 e. The minimum Gasteiger partial charge on any atom is -0.496 e. The molecule has 1 aromatic carbocycles. The number of hydrogen-bond acceptors (Lipinski definition) is 4. The van der Waals surface area contributed by atoms with Gasteiger partial charge in [0.25, 0.3) is 0 Å². The summed E-state index contributed by atoms with van der Waals surface area (Å²) >= 11 is 0. The summed E-state index contributed by atoms with van der Waals surface area (Å²) in [6.45, 7) is 3.67. The van der Waals surface area contributed by atoms with Crippen molar-refractivity contribution in [3.05, 3.63) is 53.0 Å². The van der Waals surface area contributed by atoms with Crippen LogP contribution in [0.1, 0.15) is 40.8 Å². The first-order valence-electron chi connectivity index (χ1n) is 7.50. The molecule has 0 radical (unpaired) electrons. The summed E-state index contributed by atoms with van der Waals surface area (Å²) in [4.78, 5) is 23.3. The van der Waals surface area contributed by atoms with Crippen molar-refractivity contribution in [2.45, 2.75) is 33.2 Å². The highest BCUT2D eigenvalue weighted by Gasteiger charge is 2.12. The highest BCUT2D eigenvalue weighted by atomic mass is 16.5. The van der Waals surface area contributed by atoms with E-state index in [4.69, 9.17) is 9.15 Å². The lowest BCUT2D eigenvalue weighted by atomic mass is 10.1. The van der Waals surface area contributed by atoms with Gasteiger partial charge in [0, 0.05) is 24.9 Å². The molecule has 1 N–H and O–H groups in total. The predicted octanol–water partition coefficient (Wildman–Crippen LogP) is 3.05. The van der Waals surface area contributed by atoms with Gasteiger partial charge >= 0.3 is 0 Å². The van der Waals surface area contributed by atoms with Gasteiger partial charge < -0.3 is 14.5 Å². The van der Waals surface area contributed by atoms with Gasteiger partial charge in [0.1, 0.15) is 17.3 Å². The molecule has 1 aromatic heterocycles. The number of ketones is 1. The van der Waals surface area contributed by atoms with E-state index in [2.05, 4.69) is 5.32 Å². The van der Waals surface area contributed by atoms with Crippen molar-refractivity contribution in [3.63, 3.8) is 0 Å². The fourth-order valence-electron chi connectivity index (χ4n) is 2.38. The molecule has 5 nitrogen and oxygen atoms in total. The number of carbonyl (C=O) groups is 2. The van der Waals surface area contributed by atoms with Gasteiger partial charge in [0.05, 0.1) is 12.7 Å². The van der Waals surface area contributed by atoms with Crippen molar-refractivity contribution < 1.29 is 18.7 Å². The number of aryl methyl sites for hydroxylation is 2. The van der Waals surface area contributed by atoms with Crippen molar-refractivity contribution >= 4 is 11.7 Å². The average Bonchev–Trinajstić information content (AvgIpc) is 2.92. The van der Waals surface area contributed by atoms with E-state index < -0.39 is 0 Å². The van der Waals surface area contributed by atoms with Gasteiger partial charge in [-0.3, -0.25) is 9.59 Å². The van der Waals surface area contributed by atoms with E-state index >= 15 is 0 Å². The lowest BCUT2D eigenvalue weighted by molar-refractivity contribution is -0.121. The molecule has 122 valence electrons. The number of rotatable bonds is 7. The number of benzene rings is 1. The largest absolute Gasteiger partial charge is 0.496 e. The zero-order valence-corrected chi connectivity index (χ0v) is 13.6. The highest BCUT2D eigenvalue weighted by Crippen LogP contribution is 2.18. The van der Waals surface area contributed by atoms with Crippen molar-refractivity contribution in [1.29, 1.82) is 0 Å². The van der Waals surface area contributed by atoms with Crippen LogP contribution in [0, 0.1) is 6.92 Å². The summed E-state index contributed by atoms with van der Waals surface area (Å²) in [6, 6.07) is 9.27. The third-order valence-corrected chi connectivity index (χ3v) is 3.62. The molecule has 0 aliphatic carbocycles. The highest BCUT2D eigenvalue weighted by molar-refractivity contribution is 5.95. The van der Waals surface area contributed by atoms with Crippen LogP contribution in [0.3, 0.4) is 0 Å². The zero-order valence-electron chi connectivity index (χ0n) is 13.6. The average molecular weight is 315 g/mol. The third kappa shape index (κ3) is 4.45. The van der Waals surface area contributed by atoms with Crippen LogP contribution in [0.5, 0.6) is 5.75 Å². The normalized spacial score (nSPS) is 10.4. The number of methoxy groups -OCH3 is 1. The first kappa shape index (κ1) is 16.8. The summed E-state index contributed by atoms with van der Waals surface area (Å²) in [6.07, 6.45) is 0.769. The van der Waals surface area contributed by atoms with Gasteiger partial charge in [-0.05, 0) is 26.0 Å². The van der Waals surface area contributed by atoms with Crippen LogP contribution in [0.25, 0.3) is 0 Å². The van der Waals surface area contributed by atoms with Crippen LogP contribution < -0.4 is 10.1 Å².